The Morgan fingerprint density at radius 2 is 1.94 bits per heavy atom. The molecule has 0 aliphatic carbocycles. The number of benzene rings is 1. The molecule has 0 aliphatic heterocycles. The first-order valence-corrected chi connectivity index (χ1v) is 6.16. The quantitative estimate of drug-likeness (QED) is 0.669. The molecule has 0 spiro atoms. The summed E-state index contributed by atoms with van der Waals surface area (Å²) >= 11 is 11.7. The molecule has 1 unspecified atom stereocenters. The topological polar surface area (TPSA) is 52.3 Å². The monoisotopic (exact) mass is 275 g/mol. The molecule has 0 heterocycles. The van der Waals surface area contributed by atoms with Gasteiger partial charge >= 0.3 is 5.97 Å². The van der Waals surface area contributed by atoms with Gasteiger partial charge in [0.15, 0.2) is 0 Å². The number of halogens is 2. The summed E-state index contributed by atoms with van der Waals surface area (Å²) in [5.41, 5.74) is 6.17. The van der Waals surface area contributed by atoms with Crippen LogP contribution in [0.4, 0.5) is 5.69 Å². The van der Waals surface area contributed by atoms with E-state index in [0.717, 1.165) is 12.8 Å². The number of ether oxygens (including phenoxy) is 1. The molecule has 0 amide bonds. The normalized spacial score (nSPS) is 12.2. The molecule has 1 rings (SSSR count). The van der Waals surface area contributed by atoms with Crippen molar-refractivity contribution in [2.24, 2.45) is 0 Å². The third-order valence-electron chi connectivity index (χ3n) is 2.32. The van der Waals surface area contributed by atoms with Gasteiger partial charge in [-0.3, -0.25) is 0 Å². The zero-order chi connectivity index (χ0) is 13.0. The minimum atomic E-state index is -0.435. The number of hydrogen-bond donors (Lipinski definition) is 1. The number of nitrogens with two attached hydrogens (primary N) is 1. The molecule has 1 aromatic carbocycles. The SMILES string of the molecule is CCCC(C)OC(=O)c1cc(Cl)c(N)c(Cl)c1. The van der Waals surface area contributed by atoms with Gasteiger partial charge in [-0.15, -0.1) is 0 Å². The Morgan fingerprint density at radius 1 is 1.41 bits per heavy atom. The Labute approximate surface area is 111 Å². The van der Waals surface area contributed by atoms with Gasteiger partial charge in [-0.1, -0.05) is 36.5 Å². The number of esters is 1. The molecule has 17 heavy (non-hydrogen) atoms. The lowest BCUT2D eigenvalue weighted by Gasteiger charge is -2.12. The van der Waals surface area contributed by atoms with Crippen molar-refractivity contribution in [3.8, 4) is 0 Å². The highest BCUT2D eigenvalue weighted by Gasteiger charge is 2.14. The van der Waals surface area contributed by atoms with Crippen molar-refractivity contribution in [2.45, 2.75) is 32.8 Å². The Kier molecular flexibility index (Phi) is 5.09. The average Bonchev–Trinajstić information content (AvgIpc) is 2.25. The molecule has 5 heteroatoms. The van der Waals surface area contributed by atoms with Crippen LogP contribution in [0.25, 0.3) is 0 Å². The Hall–Kier alpha value is -0.930. The molecular weight excluding hydrogens is 261 g/mol. The first-order chi connectivity index (χ1) is 7.95. The third kappa shape index (κ3) is 3.79. The van der Waals surface area contributed by atoms with E-state index in [1.165, 1.54) is 12.1 Å². The van der Waals surface area contributed by atoms with Crippen molar-refractivity contribution < 1.29 is 9.53 Å². The average molecular weight is 276 g/mol. The fourth-order valence-corrected chi connectivity index (χ4v) is 1.91. The first-order valence-electron chi connectivity index (χ1n) is 5.41. The maximum Gasteiger partial charge on any atom is 0.338 e. The van der Waals surface area contributed by atoms with E-state index in [1.807, 2.05) is 13.8 Å². The van der Waals surface area contributed by atoms with Gasteiger partial charge in [0, 0.05) is 0 Å². The number of carbonyl (C=O) groups excluding carboxylic acids is 1. The van der Waals surface area contributed by atoms with Crippen LogP contribution in [-0.4, -0.2) is 12.1 Å². The predicted molar refractivity (Wildman–Crippen MR) is 70.7 cm³/mol. The summed E-state index contributed by atoms with van der Waals surface area (Å²) in [5.74, 6) is -0.435. The van der Waals surface area contributed by atoms with Gasteiger partial charge < -0.3 is 10.5 Å². The highest BCUT2D eigenvalue weighted by atomic mass is 35.5. The van der Waals surface area contributed by atoms with Gasteiger partial charge in [-0.25, -0.2) is 4.79 Å². The lowest BCUT2D eigenvalue weighted by atomic mass is 10.2. The molecule has 2 N–H and O–H groups in total. The van der Waals surface area contributed by atoms with Gasteiger partial charge in [0.05, 0.1) is 27.4 Å². The first kappa shape index (κ1) is 14.1. The van der Waals surface area contributed by atoms with Crippen molar-refractivity contribution in [2.75, 3.05) is 5.73 Å². The second-order valence-electron chi connectivity index (χ2n) is 3.86. The molecule has 0 saturated carbocycles. The van der Waals surface area contributed by atoms with Crippen molar-refractivity contribution in [3.63, 3.8) is 0 Å². The van der Waals surface area contributed by atoms with Crippen LogP contribution < -0.4 is 5.73 Å². The zero-order valence-corrected chi connectivity index (χ0v) is 11.3. The number of carbonyl (C=O) groups is 1. The van der Waals surface area contributed by atoms with Crippen LogP contribution in [0.2, 0.25) is 10.0 Å². The number of rotatable bonds is 4. The largest absolute Gasteiger partial charge is 0.459 e. The fraction of sp³-hybridized carbons (Fsp3) is 0.417. The number of hydrogen-bond acceptors (Lipinski definition) is 3. The minimum Gasteiger partial charge on any atom is -0.459 e. The second kappa shape index (κ2) is 6.12. The van der Waals surface area contributed by atoms with E-state index in [4.69, 9.17) is 33.7 Å². The lowest BCUT2D eigenvalue weighted by Crippen LogP contribution is -2.15. The lowest BCUT2D eigenvalue weighted by molar-refractivity contribution is 0.0323. The molecule has 94 valence electrons. The van der Waals surface area contributed by atoms with Gasteiger partial charge in [0.25, 0.3) is 0 Å². The summed E-state index contributed by atoms with van der Waals surface area (Å²) in [6.07, 6.45) is 1.66. The standard InChI is InChI=1S/C12H15Cl2NO2/c1-3-4-7(2)17-12(16)8-5-9(13)11(15)10(14)6-8/h5-7H,3-4,15H2,1-2H3. The van der Waals surface area contributed by atoms with Crippen LogP contribution in [0.1, 0.15) is 37.0 Å². The van der Waals surface area contributed by atoms with Gasteiger partial charge in [-0.2, -0.15) is 0 Å². The summed E-state index contributed by atoms with van der Waals surface area (Å²) < 4.78 is 5.23. The fourth-order valence-electron chi connectivity index (χ4n) is 1.42. The molecule has 1 atom stereocenters. The van der Waals surface area contributed by atoms with E-state index in [2.05, 4.69) is 0 Å². The van der Waals surface area contributed by atoms with Crippen LogP contribution in [0.15, 0.2) is 12.1 Å². The summed E-state index contributed by atoms with van der Waals surface area (Å²) in [5, 5.41) is 0.514. The molecule has 0 radical (unpaired) electrons. The van der Waals surface area contributed by atoms with E-state index < -0.39 is 5.97 Å². The summed E-state index contributed by atoms with van der Waals surface area (Å²) in [6.45, 7) is 3.88. The third-order valence-corrected chi connectivity index (χ3v) is 2.94. The van der Waals surface area contributed by atoms with E-state index in [-0.39, 0.29) is 21.8 Å². The van der Waals surface area contributed by atoms with Gasteiger partial charge in [-0.05, 0) is 25.5 Å². The smallest absolute Gasteiger partial charge is 0.338 e. The van der Waals surface area contributed by atoms with Crippen molar-refractivity contribution >= 4 is 34.9 Å². The van der Waals surface area contributed by atoms with E-state index >= 15 is 0 Å². The maximum absolute atomic E-state index is 11.8. The molecule has 0 fully saturated rings. The zero-order valence-electron chi connectivity index (χ0n) is 9.80. The van der Waals surface area contributed by atoms with Crippen LogP contribution in [-0.2, 0) is 4.74 Å². The van der Waals surface area contributed by atoms with Crippen LogP contribution in [0.5, 0.6) is 0 Å². The van der Waals surface area contributed by atoms with Gasteiger partial charge in [0.1, 0.15) is 0 Å². The summed E-state index contributed by atoms with van der Waals surface area (Å²) in [7, 11) is 0. The predicted octanol–water partition coefficient (Wildman–Crippen LogP) is 3.92. The minimum absolute atomic E-state index is 0.123. The Balaban J connectivity index is 2.83. The van der Waals surface area contributed by atoms with Gasteiger partial charge in [0.2, 0.25) is 0 Å². The molecule has 0 aromatic heterocycles. The molecule has 3 nitrogen and oxygen atoms in total. The second-order valence-corrected chi connectivity index (χ2v) is 4.67. The van der Waals surface area contributed by atoms with E-state index in [0.29, 0.717) is 5.56 Å². The number of anilines is 1. The van der Waals surface area contributed by atoms with E-state index in [1.54, 1.807) is 0 Å². The molecule has 0 aliphatic rings. The highest BCUT2D eigenvalue weighted by Crippen LogP contribution is 2.29. The van der Waals surface area contributed by atoms with E-state index in [9.17, 15) is 4.79 Å². The summed E-state index contributed by atoms with van der Waals surface area (Å²) in [6, 6.07) is 2.92. The Bertz CT molecular complexity index is 398. The summed E-state index contributed by atoms with van der Waals surface area (Å²) in [4.78, 5) is 11.8. The van der Waals surface area contributed by atoms with Crippen molar-refractivity contribution in [3.05, 3.63) is 27.7 Å². The van der Waals surface area contributed by atoms with Crippen LogP contribution in [0, 0.1) is 0 Å². The molecule has 0 saturated heterocycles. The molecular formula is C12H15Cl2NO2. The molecule has 0 bridgehead atoms. The Morgan fingerprint density at radius 3 is 2.41 bits per heavy atom. The maximum atomic E-state index is 11.8. The highest BCUT2D eigenvalue weighted by molar-refractivity contribution is 6.39. The van der Waals surface area contributed by atoms with Crippen LogP contribution in [0.3, 0.4) is 0 Å². The van der Waals surface area contributed by atoms with Crippen molar-refractivity contribution in [1.82, 2.24) is 0 Å². The van der Waals surface area contributed by atoms with Crippen LogP contribution >= 0.6 is 23.2 Å². The van der Waals surface area contributed by atoms with Crippen molar-refractivity contribution in [1.29, 1.82) is 0 Å². The molecule has 1 aromatic rings. The number of nitrogen functional groups attached to an aromatic ring is 1.